The van der Waals surface area contributed by atoms with E-state index in [0.717, 1.165) is 22.6 Å². The molecule has 0 fully saturated rings. The second-order valence-corrected chi connectivity index (χ2v) is 8.22. The second kappa shape index (κ2) is 10.9. The summed E-state index contributed by atoms with van der Waals surface area (Å²) in [6.45, 7) is 10.2. The van der Waals surface area contributed by atoms with Crippen molar-refractivity contribution >= 4 is 23.4 Å². The first-order valence-corrected chi connectivity index (χ1v) is 11.2. The molecular formula is C24H28N4O3S. The zero-order valence-electron chi connectivity index (χ0n) is 18.8. The van der Waals surface area contributed by atoms with Crippen LogP contribution >= 0.6 is 11.8 Å². The van der Waals surface area contributed by atoms with Crippen molar-refractivity contribution in [2.45, 2.75) is 38.6 Å². The number of carbonyl (C=O) groups excluding carboxylic acids is 1. The van der Waals surface area contributed by atoms with E-state index in [1.807, 2.05) is 67.8 Å². The molecule has 0 saturated heterocycles. The van der Waals surface area contributed by atoms with Crippen LogP contribution < -0.4 is 14.8 Å². The van der Waals surface area contributed by atoms with Gasteiger partial charge >= 0.3 is 0 Å². The van der Waals surface area contributed by atoms with Crippen LogP contribution in [0.5, 0.6) is 11.5 Å². The van der Waals surface area contributed by atoms with Crippen LogP contribution in [-0.2, 0) is 11.3 Å². The number of aromatic nitrogens is 3. The van der Waals surface area contributed by atoms with E-state index in [9.17, 15) is 4.79 Å². The minimum absolute atomic E-state index is 0.0929. The third kappa shape index (κ3) is 5.70. The second-order valence-electron chi connectivity index (χ2n) is 7.28. The molecule has 1 amide bonds. The topological polar surface area (TPSA) is 78.3 Å². The molecule has 8 heteroatoms. The Bertz CT molecular complexity index is 1060. The van der Waals surface area contributed by atoms with Gasteiger partial charge in [-0.25, -0.2) is 0 Å². The monoisotopic (exact) mass is 452 g/mol. The number of methoxy groups -OCH3 is 1. The van der Waals surface area contributed by atoms with Crippen molar-refractivity contribution in [2.24, 2.45) is 0 Å². The maximum absolute atomic E-state index is 12.5. The lowest BCUT2D eigenvalue weighted by Crippen LogP contribution is -2.16. The standard InChI is InChI=1S/C24H28N4O3S/c1-6-14-28-23(18(4)31-20-12-10-19(30-5)11-13-20)26-27-24(28)32-15-21(29)25-22-16(2)8-7-9-17(22)3/h6-13,18H,1,14-15H2,2-5H3,(H,25,29). The van der Waals surface area contributed by atoms with Gasteiger partial charge in [0.1, 0.15) is 11.5 Å². The molecule has 0 spiro atoms. The van der Waals surface area contributed by atoms with Crippen molar-refractivity contribution in [1.29, 1.82) is 0 Å². The van der Waals surface area contributed by atoms with Crippen molar-refractivity contribution in [3.05, 3.63) is 72.1 Å². The Morgan fingerprint density at radius 3 is 2.44 bits per heavy atom. The minimum Gasteiger partial charge on any atom is -0.497 e. The highest BCUT2D eigenvalue weighted by Gasteiger charge is 2.20. The molecule has 1 heterocycles. The zero-order chi connectivity index (χ0) is 23.1. The van der Waals surface area contributed by atoms with E-state index in [1.54, 1.807) is 13.2 Å². The summed E-state index contributed by atoms with van der Waals surface area (Å²) in [6, 6.07) is 13.3. The van der Waals surface area contributed by atoms with Crippen LogP contribution in [0.15, 0.2) is 60.3 Å². The number of rotatable bonds is 10. The van der Waals surface area contributed by atoms with Crippen LogP contribution in [0, 0.1) is 13.8 Å². The quantitative estimate of drug-likeness (QED) is 0.346. The average molecular weight is 453 g/mol. The van der Waals surface area contributed by atoms with Crippen molar-refractivity contribution in [3.8, 4) is 11.5 Å². The molecule has 0 saturated carbocycles. The lowest BCUT2D eigenvalue weighted by Gasteiger charge is -2.16. The Morgan fingerprint density at radius 1 is 1.16 bits per heavy atom. The van der Waals surface area contributed by atoms with Crippen LogP contribution in [0.3, 0.4) is 0 Å². The van der Waals surface area contributed by atoms with Crippen molar-refractivity contribution in [1.82, 2.24) is 14.8 Å². The fourth-order valence-electron chi connectivity index (χ4n) is 3.24. The van der Waals surface area contributed by atoms with E-state index < -0.39 is 0 Å². The number of anilines is 1. The first kappa shape index (κ1) is 23.4. The van der Waals surface area contributed by atoms with Gasteiger partial charge in [-0.15, -0.1) is 16.8 Å². The number of allylic oxidation sites excluding steroid dienone is 1. The molecule has 168 valence electrons. The molecule has 0 aliphatic rings. The van der Waals surface area contributed by atoms with Gasteiger partial charge in [0.05, 0.1) is 12.9 Å². The van der Waals surface area contributed by atoms with Crippen molar-refractivity contribution in [2.75, 3.05) is 18.2 Å². The Morgan fingerprint density at radius 2 is 1.81 bits per heavy atom. The Balaban J connectivity index is 1.68. The molecule has 0 aliphatic carbocycles. The number of hydrogen-bond acceptors (Lipinski definition) is 6. The summed E-state index contributed by atoms with van der Waals surface area (Å²) in [5, 5.41) is 12.2. The molecule has 1 aromatic heterocycles. The average Bonchev–Trinajstić information content (AvgIpc) is 3.18. The van der Waals surface area contributed by atoms with Gasteiger partial charge in [-0.1, -0.05) is 36.0 Å². The maximum atomic E-state index is 12.5. The number of benzene rings is 2. The Kier molecular flexibility index (Phi) is 7.94. The fraction of sp³-hybridized carbons (Fsp3) is 0.292. The van der Waals surface area contributed by atoms with Gasteiger partial charge < -0.3 is 14.8 Å². The van der Waals surface area contributed by atoms with Gasteiger partial charge in [0.15, 0.2) is 17.1 Å². The van der Waals surface area contributed by atoms with E-state index in [4.69, 9.17) is 9.47 Å². The number of ether oxygens (including phenoxy) is 2. The molecule has 0 radical (unpaired) electrons. The van der Waals surface area contributed by atoms with Crippen molar-refractivity contribution in [3.63, 3.8) is 0 Å². The summed E-state index contributed by atoms with van der Waals surface area (Å²) in [5.41, 5.74) is 2.92. The van der Waals surface area contributed by atoms with Crippen LogP contribution in [-0.4, -0.2) is 33.5 Å². The van der Waals surface area contributed by atoms with Gasteiger partial charge in [0.25, 0.3) is 0 Å². The van der Waals surface area contributed by atoms with Gasteiger partial charge in [-0.2, -0.15) is 0 Å². The third-order valence-corrected chi connectivity index (χ3v) is 5.84. The molecule has 3 aromatic rings. The molecule has 1 atom stereocenters. The highest BCUT2D eigenvalue weighted by molar-refractivity contribution is 7.99. The molecule has 0 bridgehead atoms. The first-order chi connectivity index (χ1) is 15.4. The van der Waals surface area contributed by atoms with E-state index in [2.05, 4.69) is 22.1 Å². The minimum atomic E-state index is -0.339. The van der Waals surface area contributed by atoms with E-state index >= 15 is 0 Å². The summed E-state index contributed by atoms with van der Waals surface area (Å²) < 4.78 is 13.1. The summed E-state index contributed by atoms with van der Waals surface area (Å²) in [6.07, 6.45) is 1.43. The van der Waals surface area contributed by atoms with E-state index in [0.29, 0.717) is 23.3 Å². The molecule has 1 N–H and O–H groups in total. The molecule has 2 aromatic carbocycles. The summed E-state index contributed by atoms with van der Waals surface area (Å²) >= 11 is 1.33. The first-order valence-electron chi connectivity index (χ1n) is 10.3. The number of nitrogens with zero attached hydrogens (tertiary/aromatic N) is 3. The summed E-state index contributed by atoms with van der Waals surface area (Å²) in [4.78, 5) is 12.5. The number of hydrogen-bond donors (Lipinski definition) is 1. The number of nitrogens with one attached hydrogen (secondary N) is 1. The van der Waals surface area contributed by atoms with Gasteiger partial charge in [0.2, 0.25) is 5.91 Å². The third-order valence-electron chi connectivity index (χ3n) is 4.87. The van der Waals surface area contributed by atoms with Crippen LogP contribution in [0.4, 0.5) is 5.69 Å². The Labute approximate surface area is 192 Å². The number of carbonyl (C=O) groups is 1. The van der Waals surface area contributed by atoms with Gasteiger partial charge in [-0.3, -0.25) is 9.36 Å². The van der Waals surface area contributed by atoms with Crippen LogP contribution in [0.1, 0.15) is 30.0 Å². The normalized spacial score (nSPS) is 11.6. The number of para-hydroxylation sites is 1. The molecule has 7 nitrogen and oxygen atoms in total. The highest BCUT2D eigenvalue weighted by atomic mass is 32.2. The Hall–Kier alpha value is -3.26. The number of aryl methyl sites for hydroxylation is 2. The summed E-state index contributed by atoms with van der Waals surface area (Å²) in [7, 11) is 1.62. The zero-order valence-corrected chi connectivity index (χ0v) is 19.6. The fourth-order valence-corrected chi connectivity index (χ4v) is 3.99. The lowest BCUT2D eigenvalue weighted by molar-refractivity contribution is -0.113. The largest absolute Gasteiger partial charge is 0.497 e. The maximum Gasteiger partial charge on any atom is 0.234 e. The van der Waals surface area contributed by atoms with Gasteiger partial charge in [-0.05, 0) is 56.2 Å². The molecular weight excluding hydrogens is 424 g/mol. The summed E-state index contributed by atoms with van der Waals surface area (Å²) in [5.74, 6) is 2.26. The van der Waals surface area contributed by atoms with Gasteiger partial charge in [0, 0.05) is 12.2 Å². The van der Waals surface area contributed by atoms with Crippen molar-refractivity contribution < 1.29 is 14.3 Å². The molecule has 32 heavy (non-hydrogen) atoms. The predicted molar refractivity (Wildman–Crippen MR) is 128 cm³/mol. The molecule has 3 rings (SSSR count). The predicted octanol–water partition coefficient (Wildman–Crippen LogP) is 4.96. The van der Waals surface area contributed by atoms with E-state index in [-0.39, 0.29) is 17.8 Å². The SMILES string of the molecule is C=CCn1c(SCC(=O)Nc2c(C)cccc2C)nnc1C(C)Oc1ccc(OC)cc1. The lowest BCUT2D eigenvalue weighted by atomic mass is 10.1. The number of thioether (sulfide) groups is 1. The molecule has 1 unspecified atom stereocenters. The van der Waals surface area contributed by atoms with E-state index in [1.165, 1.54) is 11.8 Å². The smallest absolute Gasteiger partial charge is 0.234 e. The van der Waals surface area contributed by atoms with Crippen LogP contribution in [0.25, 0.3) is 0 Å². The number of amides is 1. The van der Waals surface area contributed by atoms with Crippen LogP contribution in [0.2, 0.25) is 0 Å². The highest BCUT2D eigenvalue weighted by Crippen LogP contribution is 2.26. The molecule has 0 aliphatic heterocycles.